The summed E-state index contributed by atoms with van der Waals surface area (Å²) >= 11 is 12.9. The van der Waals surface area contributed by atoms with E-state index in [1.807, 2.05) is 17.2 Å². The minimum absolute atomic E-state index is 0.0312. The van der Waals surface area contributed by atoms with Gasteiger partial charge in [-0.3, -0.25) is 9.89 Å². The molecule has 4 heterocycles. The second kappa shape index (κ2) is 7.02. The largest absolute Gasteiger partial charge is 0.378 e. The minimum atomic E-state index is -0.898. The molecule has 1 unspecified atom stereocenters. The number of benzene rings is 1. The van der Waals surface area contributed by atoms with Gasteiger partial charge in [0.25, 0.3) is 5.91 Å². The van der Waals surface area contributed by atoms with Crippen LogP contribution >= 0.6 is 23.2 Å². The number of nitrogens with one attached hydrogen (secondary N) is 1. The molecule has 0 aliphatic carbocycles. The fourth-order valence-corrected chi connectivity index (χ4v) is 4.88. The predicted molar refractivity (Wildman–Crippen MR) is 110 cm³/mol. The Morgan fingerprint density at radius 3 is 2.90 bits per heavy atom. The van der Waals surface area contributed by atoms with Gasteiger partial charge >= 0.3 is 0 Å². The van der Waals surface area contributed by atoms with Gasteiger partial charge in [0.2, 0.25) is 0 Å². The van der Waals surface area contributed by atoms with Crippen LogP contribution in [-0.4, -0.2) is 58.0 Å². The topological polar surface area (TPSA) is 72.4 Å². The van der Waals surface area contributed by atoms with E-state index in [1.165, 1.54) is 0 Å². The second-order valence-corrected chi connectivity index (χ2v) is 8.23. The number of aromatic amines is 1. The van der Waals surface area contributed by atoms with Gasteiger partial charge in [0, 0.05) is 55.0 Å². The van der Waals surface area contributed by atoms with E-state index in [0.717, 1.165) is 27.7 Å². The lowest BCUT2D eigenvalue weighted by molar-refractivity contribution is -0.156. The van der Waals surface area contributed by atoms with Gasteiger partial charge in [0.15, 0.2) is 5.60 Å². The van der Waals surface area contributed by atoms with E-state index in [4.69, 9.17) is 32.7 Å². The molecule has 1 saturated heterocycles. The fourth-order valence-electron chi connectivity index (χ4n) is 4.46. The Morgan fingerprint density at radius 2 is 2.21 bits per heavy atom. The van der Waals surface area contributed by atoms with Crippen LogP contribution in [0.2, 0.25) is 10.0 Å². The molecule has 152 valence electrons. The van der Waals surface area contributed by atoms with Crippen LogP contribution in [0, 0.1) is 0 Å². The van der Waals surface area contributed by atoms with Crippen molar-refractivity contribution in [2.75, 3.05) is 26.9 Å². The molecule has 7 nitrogen and oxygen atoms in total. The highest BCUT2D eigenvalue weighted by Crippen LogP contribution is 2.42. The van der Waals surface area contributed by atoms with Gasteiger partial charge in [-0.05, 0) is 6.07 Å². The average molecular weight is 435 g/mol. The highest BCUT2D eigenvalue weighted by molar-refractivity contribution is 6.45. The molecule has 0 bridgehead atoms. The van der Waals surface area contributed by atoms with Crippen LogP contribution in [0.25, 0.3) is 22.0 Å². The normalized spacial score (nSPS) is 21.7. The fraction of sp³-hybridized carbons (Fsp3) is 0.400. The Kier molecular flexibility index (Phi) is 4.58. The number of methoxy groups -OCH3 is 1. The zero-order chi connectivity index (χ0) is 20.2. The van der Waals surface area contributed by atoms with Crippen molar-refractivity contribution < 1.29 is 14.3 Å². The smallest absolute Gasteiger partial charge is 0.257 e. The molecule has 1 amide bonds. The van der Waals surface area contributed by atoms with Crippen LogP contribution in [0.1, 0.15) is 12.1 Å². The molecule has 29 heavy (non-hydrogen) atoms. The van der Waals surface area contributed by atoms with Crippen LogP contribution in [0.15, 0.2) is 24.5 Å². The van der Waals surface area contributed by atoms with E-state index in [9.17, 15) is 4.79 Å². The van der Waals surface area contributed by atoms with Crippen molar-refractivity contribution in [2.24, 2.45) is 0 Å². The monoisotopic (exact) mass is 434 g/mol. The molecule has 1 N–H and O–H groups in total. The van der Waals surface area contributed by atoms with Crippen molar-refractivity contribution in [3.05, 3.63) is 40.3 Å². The number of hydrogen-bond donors (Lipinski definition) is 1. The first-order valence-electron chi connectivity index (χ1n) is 9.46. The number of carbonyl (C=O) groups excluding carboxylic acids is 1. The van der Waals surface area contributed by atoms with E-state index in [0.29, 0.717) is 42.7 Å². The van der Waals surface area contributed by atoms with Crippen LogP contribution < -0.4 is 0 Å². The molecule has 5 rings (SSSR count). The quantitative estimate of drug-likeness (QED) is 0.684. The number of hydrogen-bond acceptors (Lipinski definition) is 4. The number of ether oxygens (including phenoxy) is 2. The van der Waals surface area contributed by atoms with Crippen molar-refractivity contribution in [1.82, 2.24) is 19.7 Å². The molecule has 1 fully saturated rings. The highest BCUT2D eigenvalue weighted by Gasteiger charge is 2.46. The Morgan fingerprint density at radius 1 is 1.34 bits per heavy atom. The first kappa shape index (κ1) is 18.9. The summed E-state index contributed by atoms with van der Waals surface area (Å²) < 4.78 is 13.3. The minimum Gasteiger partial charge on any atom is -0.378 e. The van der Waals surface area contributed by atoms with Gasteiger partial charge in [-0.2, -0.15) is 5.10 Å². The maximum atomic E-state index is 13.3. The van der Waals surface area contributed by atoms with E-state index in [2.05, 4.69) is 14.8 Å². The third-order valence-corrected chi connectivity index (χ3v) is 6.79. The maximum absolute atomic E-state index is 13.3. The zero-order valence-electron chi connectivity index (χ0n) is 15.9. The number of nitrogens with zero attached hydrogens (tertiary/aromatic N) is 3. The number of carbonyl (C=O) groups is 1. The van der Waals surface area contributed by atoms with Crippen LogP contribution in [0.3, 0.4) is 0 Å². The molecule has 2 aromatic heterocycles. The lowest BCUT2D eigenvalue weighted by Gasteiger charge is -2.35. The number of fused-ring (bicyclic) bond motifs is 3. The summed E-state index contributed by atoms with van der Waals surface area (Å²) in [6, 6.07) is 3.78. The lowest BCUT2D eigenvalue weighted by atomic mass is 9.99. The maximum Gasteiger partial charge on any atom is 0.257 e. The highest BCUT2D eigenvalue weighted by atomic mass is 35.5. The van der Waals surface area contributed by atoms with Crippen LogP contribution in [0.4, 0.5) is 0 Å². The van der Waals surface area contributed by atoms with Gasteiger partial charge in [0.05, 0.1) is 41.5 Å². The van der Waals surface area contributed by atoms with E-state index in [1.54, 1.807) is 19.4 Å². The molecule has 1 aromatic carbocycles. The van der Waals surface area contributed by atoms with Gasteiger partial charge < -0.3 is 18.9 Å². The molecule has 9 heteroatoms. The van der Waals surface area contributed by atoms with Crippen molar-refractivity contribution in [2.45, 2.75) is 25.1 Å². The molecule has 0 radical (unpaired) electrons. The molecule has 3 aromatic rings. The number of aromatic nitrogens is 3. The second-order valence-electron chi connectivity index (χ2n) is 7.45. The van der Waals surface area contributed by atoms with E-state index < -0.39 is 5.60 Å². The molecule has 0 spiro atoms. The van der Waals surface area contributed by atoms with Gasteiger partial charge in [-0.15, -0.1) is 0 Å². The summed E-state index contributed by atoms with van der Waals surface area (Å²) in [7, 11) is 1.58. The van der Waals surface area contributed by atoms with Crippen molar-refractivity contribution in [1.29, 1.82) is 0 Å². The zero-order valence-corrected chi connectivity index (χ0v) is 17.4. The molecule has 2 aliphatic rings. The summed E-state index contributed by atoms with van der Waals surface area (Å²) in [6.07, 6.45) is 4.19. The van der Waals surface area contributed by atoms with E-state index >= 15 is 0 Å². The Hall–Kier alpha value is -2.06. The van der Waals surface area contributed by atoms with Crippen molar-refractivity contribution in [3.63, 3.8) is 0 Å². The number of halogens is 2. The number of H-pyrrole nitrogens is 1. The first-order valence-corrected chi connectivity index (χ1v) is 10.2. The number of rotatable bonds is 3. The Balaban J connectivity index is 1.63. The summed E-state index contributed by atoms with van der Waals surface area (Å²) in [5.41, 5.74) is 2.96. The van der Waals surface area contributed by atoms with Gasteiger partial charge in [-0.25, -0.2) is 0 Å². The molecular formula is C20H20Cl2N4O3. The third kappa shape index (κ3) is 2.79. The third-order valence-electron chi connectivity index (χ3n) is 6.00. The van der Waals surface area contributed by atoms with Crippen LogP contribution in [0.5, 0.6) is 0 Å². The van der Waals surface area contributed by atoms with Gasteiger partial charge in [-0.1, -0.05) is 29.3 Å². The van der Waals surface area contributed by atoms with Crippen molar-refractivity contribution in [3.8, 4) is 11.1 Å². The molecule has 0 saturated carbocycles. The molecule has 2 aliphatic heterocycles. The predicted octanol–water partition coefficient (Wildman–Crippen LogP) is 3.49. The van der Waals surface area contributed by atoms with E-state index in [-0.39, 0.29) is 12.5 Å². The lowest BCUT2D eigenvalue weighted by Crippen LogP contribution is -2.52. The standard InChI is InChI=1S/C20H20Cl2N4O3/c1-28-20(4-7-29-11-20)19(27)25-5-6-26-15(10-25)16(12-8-23-24-9-12)13-2-3-14(21)17(22)18(13)26/h2-3,8-9H,4-7,10-11H2,1H3,(H,23,24). The average Bonchev–Trinajstić information content (AvgIpc) is 3.48. The Labute approximate surface area is 177 Å². The van der Waals surface area contributed by atoms with Crippen molar-refractivity contribution >= 4 is 40.0 Å². The summed E-state index contributed by atoms with van der Waals surface area (Å²) in [5, 5.41) is 9.01. The number of amides is 1. The summed E-state index contributed by atoms with van der Waals surface area (Å²) in [4.78, 5) is 15.2. The SMILES string of the molecule is COC1(C(=O)N2CCn3c(c(-c4cn[nH]c4)c4ccc(Cl)c(Cl)c43)C2)CCOC1. The van der Waals surface area contributed by atoms with Gasteiger partial charge in [0.1, 0.15) is 0 Å². The van der Waals surface area contributed by atoms with Crippen LogP contribution in [-0.2, 0) is 27.4 Å². The first-order chi connectivity index (χ1) is 14.1. The summed E-state index contributed by atoms with van der Waals surface area (Å²) in [6.45, 7) is 2.46. The molecule has 1 atom stereocenters. The molecular weight excluding hydrogens is 415 g/mol. The Bertz CT molecular complexity index is 1090. The summed E-state index contributed by atoms with van der Waals surface area (Å²) in [5.74, 6) is -0.0312.